The van der Waals surface area contributed by atoms with E-state index in [1.54, 1.807) is 12.1 Å². The Bertz CT molecular complexity index is 925. The highest BCUT2D eigenvalue weighted by Crippen LogP contribution is 2.75. The van der Waals surface area contributed by atoms with Gasteiger partial charge in [-0.1, -0.05) is 31.5 Å². The maximum absolute atomic E-state index is 13.1. The zero-order valence-electron chi connectivity index (χ0n) is 19.5. The van der Waals surface area contributed by atoms with Gasteiger partial charge in [0.25, 0.3) is 0 Å². The number of hydrogen-bond acceptors (Lipinski definition) is 4. The van der Waals surface area contributed by atoms with Gasteiger partial charge in [-0.25, -0.2) is 4.79 Å². The molecule has 0 amide bonds. The number of rotatable bonds is 3. The lowest BCUT2D eigenvalue weighted by Crippen LogP contribution is -2.65. The summed E-state index contributed by atoms with van der Waals surface area (Å²) in [6, 6.07) is 9.01. The van der Waals surface area contributed by atoms with E-state index in [2.05, 4.69) is 6.92 Å². The fraction of sp³-hybridized carbons (Fsp3) is 0.704. The van der Waals surface area contributed by atoms with Crippen LogP contribution in [0.3, 0.4) is 0 Å². The van der Waals surface area contributed by atoms with Crippen LogP contribution in [0.1, 0.15) is 82.5 Å². The first kappa shape index (κ1) is 21.9. The molecule has 2 N–H and O–H groups in total. The number of carbonyl (C=O) groups excluding carboxylic acids is 1. The number of hydrogen-bond donors (Lipinski definition) is 2. The normalized spacial score (nSPS) is 47.2. The van der Waals surface area contributed by atoms with Crippen LogP contribution < -0.4 is 0 Å². The Morgan fingerprint density at radius 1 is 0.969 bits per heavy atom. The van der Waals surface area contributed by atoms with Crippen molar-refractivity contribution in [3.8, 4) is 0 Å². The number of carbonyl (C=O) groups is 2. The summed E-state index contributed by atoms with van der Waals surface area (Å²) >= 11 is 0. The largest absolute Gasteiger partial charge is 0.481 e. The monoisotopic (exact) mass is 440 g/mol. The van der Waals surface area contributed by atoms with Gasteiger partial charge in [0.2, 0.25) is 0 Å². The molecule has 1 unspecified atom stereocenters. The third kappa shape index (κ3) is 2.85. The zero-order chi connectivity index (χ0) is 22.9. The maximum Gasteiger partial charge on any atom is 0.338 e. The van der Waals surface area contributed by atoms with Gasteiger partial charge in [-0.2, -0.15) is 0 Å². The summed E-state index contributed by atoms with van der Waals surface area (Å²) in [6.07, 6.45) is 6.35. The smallest absolute Gasteiger partial charge is 0.338 e. The minimum Gasteiger partial charge on any atom is -0.481 e. The second kappa shape index (κ2) is 7.06. The highest BCUT2D eigenvalue weighted by Gasteiger charge is 2.72. The van der Waals surface area contributed by atoms with Gasteiger partial charge in [0.1, 0.15) is 6.10 Å². The van der Waals surface area contributed by atoms with Crippen LogP contribution in [0.25, 0.3) is 0 Å². The number of carboxylic acids is 1. The van der Waals surface area contributed by atoms with Crippen LogP contribution in [-0.4, -0.2) is 33.9 Å². The maximum atomic E-state index is 13.1. The molecule has 4 saturated carbocycles. The van der Waals surface area contributed by atoms with Gasteiger partial charge in [0.05, 0.1) is 16.6 Å². The van der Waals surface area contributed by atoms with Crippen molar-refractivity contribution in [2.75, 3.05) is 0 Å². The molecule has 0 aromatic heterocycles. The van der Waals surface area contributed by atoms with Crippen molar-refractivity contribution in [1.82, 2.24) is 0 Å². The van der Waals surface area contributed by atoms with E-state index in [0.29, 0.717) is 24.3 Å². The van der Waals surface area contributed by atoms with Crippen LogP contribution >= 0.6 is 0 Å². The van der Waals surface area contributed by atoms with Gasteiger partial charge in [-0.15, -0.1) is 0 Å². The molecular weight excluding hydrogens is 404 g/mol. The number of esters is 1. The van der Waals surface area contributed by atoms with Crippen LogP contribution in [0.2, 0.25) is 0 Å². The Kier molecular flexibility index (Phi) is 4.84. The summed E-state index contributed by atoms with van der Waals surface area (Å²) in [7, 11) is 0. The fourth-order valence-corrected chi connectivity index (χ4v) is 8.79. The van der Waals surface area contributed by atoms with Crippen molar-refractivity contribution in [3.63, 3.8) is 0 Å². The van der Waals surface area contributed by atoms with Crippen molar-refractivity contribution in [2.45, 2.75) is 83.8 Å². The predicted molar refractivity (Wildman–Crippen MR) is 120 cm³/mol. The van der Waals surface area contributed by atoms with E-state index in [-0.39, 0.29) is 28.6 Å². The summed E-state index contributed by atoms with van der Waals surface area (Å²) in [5, 5.41) is 21.4. The van der Waals surface area contributed by atoms with Crippen molar-refractivity contribution < 1.29 is 24.5 Å². The average molecular weight is 441 g/mol. The molecule has 0 radical (unpaired) electrons. The number of ether oxygens (including phenoxy) is 1. The second-order valence-corrected chi connectivity index (χ2v) is 11.9. The van der Waals surface area contributed by atoms with Gasteiger partial charge in [0.15, 0.2) is 0 Å². The van der Waals surface area contributed by atoms with Crippen LogP contribution in [0.4, 0.5) is 0 Å². The highest BCUT2D eigenvalue weighted by atomic mass is 16.5. The molecule has 8 atom stereocenters. The van der Waals surface area contributed by atoms with Crippen molar-refractivity contribution in [3.05, 3.63) is 35.9 Å². The summed E-state index contributed by atoms with van der Waals surface area (Å²) in [5.74, 6) is -0.777. The molecule has 4 fully saturated rings. The number of carboxylic acid groups (broad SMARTS) is 1. The summed E-state index contributed by atoms with van der Waals surface area (Å²) in [5.41, 5.74) is -1.27. The zero-order valence-corrected chi connectivity index (χ0v) is 19.5. The molecule has 2 bridgehead atoms. The van der Waals surface area contributed by atoms with Crippen molar-refractivity contribution in [2.24, 2.45) is 34.0 Å². The summed E-state index contributed by atoms with van der Waals surface area (Å²) in [6.45, 7) is 6.13. The van der Waals surface area contributed by atoms with Gasteiger partial charge in [-0.05, 0) is 93.6 Å². The van der Waals surface area contributed by atoms with E-state index >= 15 is 0 Å². The third-order valence-electron chi connectivity index (χ3n) is 10.5. The first-order valence-corrected chi connectivity index (χ1v) is 12.3. The fourth-order valence-electron chi connectivity index (χ4n) is 8.79. The van der Waals surface area contributed by atoms with Crippen LogP contribution in [0.15, 0.2) is 30.3 Å². The molecule has 1 spiro atoms. The predicted octanol–water partition coefficient (Wildman–Crippen LogP) is 5.07. The second-order valence-electron chi connectivity index (χ2n) is 11.9. The Balaban J connectivity index is 1.57. The van der Waals surface area contributed by atoms with E-state index in [9.17, 15) is 19.8 Å². The van der Waals surface area contributed by atoms with E-state index in [4.69, 9.17) is 4.74 Å². The van der Waals surface area contributed by atoms with Crippen LogP contribution in [0, 0.1) is 34.0 Å². The standard InChI is InChI=1S/C27H36O5/c1-24(23(29)30)10-7-11-25(2)21(24)20(32-22(28)17-8-5-4-6-9-17)15-18-14-19-16-27(18,25)13-12-26(19,3)31/h4-6,8-9,18-21,31H,7,10-16H2,1-3H3,(H,29,30)/t18-,19?,20-,21+,24-,25+,26-,27+/m1/s1. The van der Waals surface area contributed by atoms with Gasteiger partial charge in [-0.3, -0.25) is 4.79 Å². The Morgan fingerprint density at radius 3 is 2.38 bits per heavy atom. The third-order valence-corrected chi connectivity index (χ3v) is 10.5. The molecular formula is C27H36O5. The highest BCUT2D eigenvalue weighted by molar-refractivity contribution is 5.89. The first-order chi connectivity index (χ1) is 15.0. The van der Waals surface area contributed by atoms with E-state index in [1.807, 2.05) is 32.0 Å². The summed E-state index contributed by atoms with van der Waals surface area (Å²) < 4.78 is 6.20. The van der Waals surface area contributed by atoms with Crippen LogP contribution in [0.5, 0.6) is 0 Å². The molecule has 174 valence electrons. The van der Waals surface area contributed by atoms with Gasteiger partial charge >= 0.3 is 11.9 Å². The molecule has 5 heteroatoms. The van der Waals surface area contributed by atoms with Crippen molar-refractivity contribution in [1.29, 1.82) is 0 Å². The van der Waals surface area contributed by atoms with Gasteiger partial charge in [0, 0.05) is 5.92 Å². The lowest BCUT2D eigenvalue weighted by molar-refractivity contribution is -0.221. The van der Waals surface area contributed by atoms with E-state index in [1.165, 1.54) is 0 Å². The van der Waals surface area contributed by atoms with E-state index in [0.717, 1.165) is 38.5 Å². The topological polar surface area (TPSA) is 83.8 Å². The SMILES string of the molecule is C[C@@]1(C(=O)O)CCC[C@@]2(C)[C@H]1[C@H](OC(=O)c1ccccc1)C[C@H]1CC3C[C@@]12CC[C@@]3(C)O. The number of benzene rings is 1. The van der Waals surface area contributed by atoms with Crippen molar-refractivity contribution >= 4 is 11.9 Å². The van der Waals surface area contributed by atoms with E-state index < -0.39 is 23.1 Å². The molecule has 0 saturated heterocycles. The number of aliphatic carboxylic acids is 1. The molecule has 0 aliphatic heterocycles. The minimum atomic E-state index is -0.924. The summed E-state index contributed by atoms with van der Waals surface area (Å²) in [4.78, 5) is 25.7. The molecule has 5 rings (SSSR count). The molecule has 0 heterocycles. The lowest BCUT2D eigenvalue weighted by atomic mass is 9.38. The molecule has 1 aromatic carbocycles. The minimum absolute atomic E-state index is 0.0252. The number of aliphatic hydroxyl groups is 1. The Labute approximate surface area is 190 Å². The molecule has 5 nitrogen and oxygen atoms in total. The first-order valence-electron chi connectivity index (χ1n) is 12.3. The molecule has 4 aliphatic rings. The van der Waals surface area contributed by atoms with Crippen LogP contribution in [-0.2, 0) is 9.53 Å². The lowest BCUT2D eigenvalue weighted by Gasteiger charge is -2.66. The Hall–Kier alpha value is -1.88. The van der Waals surface area contributed by atoms with Gasteiger partial charge < -0.3 is 14.9 Å². The molecule has 32 heavy (non-hydrogen) atoms. The quantitative estimate of drug-likeness (QED) is 0.641. The number of fused-ring (bicyclic) bond motifs is 2. The Morgan fingerprint density at radius 2 is 1.69 bits per heavy atom. The average Bonchev–Trinajstić information content (AvgIpc) is 3.09. The molecule has 1 aromatic rings. The molecule has 4 aliphatic carbocycles.